The molecule has 226 valence electrons. The maximum atomic E-state index is 5.07. The van der Waals surface area contributed by atoms with Crippen molar-refractivity contribution in [1.82, 2.24) is 24.5 Å². The van der Waals surface area contributed by atoms with E-state index in [-0.39, 0.29) is 16.2 Å². The quantitative estimate of drug-likeness (QED) is 0.202. The molecule has 0 N–H and O–H groups in total. The van der Waals surface area contributed by atoms with E-state index < -0.39 is 0 Å². The smallest absolute Gasteiger partial charge is 0.238 e. The highest BCUT2D eigenvalue weighted by atomic mass is 15.2. The summed E-state index contributed by atoms with van der Waals surface area (Å²) in [5.41, 5.74) is 9.00. The maximum absolute atomic E-state index is 5.07. The van der Waals surface area contributed by atoms with Gasteiger partial charge >= 0.3 is 0 Å². The van der Waals surface area contributed by atoms with Crippen LogP contribution in [0.1, 0.15) is 52.7 Å². The first kappa shape index (κ1) is 28.3. The Morgan fingerprint density at radius 1 is 0.500 bits per heavy atom. The Balaban J connectivity index is 1.26. The van der Waals surface area contributed by atoms with Crippen LogP contribution in [0.15, 0.2) is 115 Å². The molecule has 0 fully saturated rings. The molecule has 0 atom stereocenters. The minimum absolute atomic E-state index is 0.0315. The van der Waals surface area contributed by atoms with Crippen LogP contribution in [0, 0.1) is 5.41 Å². The minimum Gasteiger partial charge on any atom is -0.278 e. The van der Waals surface area contributed by atoms with Gasteiger partial charge in [-0.15, -0.1) is 0 Å². The second-order valence-electron chi connectivity index (χ2n) is 14.1. The predicted octanol–water partition coefficient (Wildman–Crippen LogP) is 9.96. The normalized spacial score (nSPS) is 16.1. The van der Waals surface area contributed by atoms with Gasteiger partial charge in [0.25, 0.3) is 0 Å². The lowest BCUT2D eigenvalue weighted by Gasteiger charge is -2.44. The maximum Gasteiger partial charge on any atom is 0.238 e. The van der Waals surface area contributed by atoms with Crippen LogP contribution in [-0.2, 0) is 10.8 Å². The Morgan fingerprint density at radius 3 is 1.70 bits per heavy atom. The van der Waals surface area contributed by atoms with Crippen LogP contribution in [0.2, 0.25) is 0 Å². The van der Waals surface area contributed by atoms with Crippen LogP contribution in [0.5, 0.6) is 0 Å². The number of nitrogens with zero attached hydrogens (tertiary/aromatic N) is 5. The van der Waals surface area contributed by atoms with E-state index in [1.807, 2.05) is 36.5 Å². The standard InChI is InChI=1S/C41H37N5/c1-39(2)31-22-20-27(24-32(31)40(3,4)41(39,5)6)33-23-21-28(25-42-33)37-43-36(26-14-8-7-9-15-26)44-38(45-37)46-34-18-12-10-16-29(34)30-17-11-13-19-35(30)46/h7-25H,1-6H3. The Kier molecular flexibility index (Phi) is 6.11. The van der Waals surface area contributed by atoms with Gasteiger partial charge in [-0.25, -0.2) is 4.98 Å². The average Bonchev–Trinajstić information content (AvgIpc) is 3.47. The summed E-state index contributed by atoms with van der Waals surface area (Å²) in [5.74, 6) is 1.79. The second-order valence-corrected chi connectivity index (χ2v) is 14.1. The van der Waals surface area contributed by atoms with E-state index in [2.05, 4.69) is 125 Å². The molecule has 5 heteroatoms. The fourth-order valence-corrected chi connectivity index (χ4v) is 7.37. The monoisotopic (exact) mass is 599 g/mol. The van der Waals surface area contributed by atoms with Gasteiger partial charge in [-0.3, -0.25) is 9.55 Å². The molecule has 46 heavy (non-hydrogen) atoms. The molecule has 3 heterocycles. The minimum atomic E-state index is 0.0315. The van der Waals surface area contributed by atoms with Crippen molar-refractivity contribution in [2.75, 3.05) is 0 Å². The summed E-state index contributed by atoms with van der Waals surface area (Å²) in [6.45, 7) is 14.3. The van der Waals surface area contributed by atoms with Crippen molar-refractivity contribution in [3.8, 4) is 40.0 Å². The lowest BCUT2D eigenvalue weighted by molar-refractivity contribution is 0.125. The van der Waals surface area contributed by atoms with Crippen LogP contribution in [0.4, 0.5) is 0 Å². The Bertz CT molecular complexity index is 2220. The third kappa shape index (κ3) is 4.00. The van der Waals surface area contributed by atoms with Crippen LogP contribution in [-0.4, -0.2) is 24.5 Å². The summed E-state index contributed by atoms with van der Waals surface area (Å²) in [7, 11) is 0. The first-order chi connectivity index (χ1) is 22.1. The summed E-state index contributed by atoms with van der Waals surface area (Å²) in [5, 5.41) is 2.33. The second kappa shape index (κ2) is 9.92. The van der Waals surface area contributed by atoms with Gasteiger partial charge in [0.15, 0.2) is 11.6 Å². The molecule has 0 amide bonds. The number of hydrogen-bond acceptors (Lipinski definition) is 4. The predicted molar refractivity (Wildman–Crippen MR) is 188 cm³/mol. The Labute approximate surface area is 270 Å². The molecule has 3 aromatic heterocycles. The van der Waals surface area contributed by atoms with Crippen molar-refractivity contribution in [2.24, 2.45) is 5.41 Å². The molecular weight excluding hydrogens is 562 g/mol. The summed E-state index contributed by atoms with van der Waals surface area (Å²) in [4.78, 5) is 20.0. The van der Waals surface area contributed by atoms with Crippen molar-refractivity contribution >= 4 is 21.8 Å². The Hall–Kier alpha value is -5.16. The molecule has 8 rings (SSSR count). The van der Waals surface area contributed by atoms with E-state index >= 15 is 0 Å². The van der Waals surface area contributed by atoms with Gasteiger partial charge in [0.2, 0.25) is 5.95 Å². The van der Waals surface area contributed by atoms with Crippen molar-refractivity contribution in [3.63, 3.8) is 0 Å². The van der Waals surface area contributed by atoms with Crippen LogP contribution in [0.3, 0.4) is 0 Å². The molecule has 0 aliphatic heterocycles. The number of para-hydroxylation sites is 2. The summed E-state index contributed by atoms with van der Waals surface area (Å²) in [6.07, 6.45) is 1.89. The van der Waals surface area contributed by atoms with Crippen molar-refractivity contribution < 1.29 is 0 Å². The molecular formula is C41H37N5. The fourth-order valence-electron chi connectivity index (χ4n) is 7.37. The van der Waals surface area contributed by atoms with Crippen LogP contribution in [0.25, 0.3) is 61.8 Å². The number of pyridine rings is 1. The topological polar surface area (TPSA) is 56.5 Å². The molecule has 7 aromatic rings. The average molecular weight is 600 g/mol. The summed E-state index contributed by atoms with van der Waals surface area (Å²) < 4.78 is 2.14. The molecule has 1 aliphatic carbocycles. The fraction of sp³-hybridized carbons (Fsp3) is 0.220. The van der Waals surface area contributed by atoms with E-state index in [1.54, 1.807) is 0 Å². The van der Waals surface area contributed by atoms with Gasteiger partial charge in [0.1, 0.15) is 0 Å². The van der Waals surface area contributed by atoms with Crippen LogP contribution < -0.4 is 0 Å². The molecule has 0 bridgehead atoms. The van der Waals surface area contributed by atoms with Gasteiger partial charge in [-0.05, 0) is 57.7 Å². The lowest BCUT2D eigenvalue weighted by atomic mass is 9.59. The van der Waals surface area contributed by atoms with E-state index in [0.717, 1.165) is 44.2 Å². The molecule has 0 spiro atoms. The third-order valence-electron chi connectivity index (χ3n) is 11.2. The Morgan fingerprint density at radius 2 is 1.07 bits per heavy atom. The van der Waals surface area contributed by atoms with Gasteiger partial charge in [0.05, 0.1) is 16.7 Å². The first-order valence-electron chi connectivity index (χ1n) is 16.0. The molecule has 1 aliphatic rings. The molecule has 0 unspecified atom stereocenters. The molecule has 4 aromatic carbocycles. The van der Waals surface area contributed by atoms with E-state index in [1.165, 1.54) is 11.1 Å². The van der Waals surface area contributed by atoms with Crippen molar-refractivity contribution in [2.45, 2.75) is 52.4 Å². The number of aromatic nitrogens is 5. The van der Waals surface area contributed by atoms with Gasteiger partial charge in [-0.1, -0.05) is 120 Å². The number of rotatable bonds is 4. The zero-order valence-electron chi connectivity index (χ0n) is 27.2. The molecule has 0 radical (unpaired) electrons. The van der Waals surface area contributed by atoms with Gasteiger partial charge in [0, 0.05) is 33.7 Å². The van der Waals surface area contributed by atoms with E-state index in [9.17, 15) is 0 Å². The SMILES string of the molecule is CC1(C)c2ccc(-c3ccc(-c4nc(-c5ccccc5)nc(-n5c6ccccc6c6ccccc65)n4)cn3)cc2C(C)(C)C1(C)C. The number of hydrogen-bond donors (Lipinski definition) is 0. The third-order valence-corrected chi connectivity index (χ3v) is 11.2. The summed E-state index contributed by atoms with van der Waals surface area (Å²) in [6, 6.07) is 38.0. The highest BCUT2D eigenvalue weighted by Gasteiger charge is 2.56. The summed E-state index contributed by atoms with van der Waals surface area (Å²) >= 11 is 0. The van der Waals surface area contributed by atoms with Crippen LogP contribution >= 0.6 is 0 Å². The van der Waals surface area contributed by atoms with E-state index in [4.69, 9.17) is 19.9 Å². The molecule has 0 saturated carbocycles. The zero-order valence-corrected chi connectivity index (χ0v) is 27.2. The largest absolute Gasteiger partial charge is 0.278 e. The van der Waals surface area contributed by atoms with Crippen molar-refractivity contribution in [1.29, 1.82) is 0 Å². The highest BCUT2D eigenvalue weighted by Crippen LogP contribution is 2.61. The molecule has 5 nitrogen and oxygen atoms in total. The number of benzene rings is 4. The number of fused-ring (bicyclic) bond motifs is 4. The first-order valence-corrected chi connectivity index (χ1v) is 16.0. The van der Waals surface area contributed by atoms with Crippen molar-refractivity contribution in [3.05, 3.63) is 127 Å². The highest BCUT2D eigenvalue weighted by molar-refractivity contribution is 6.08. The van der Waals surface area contributed by atoms with Gasteiger partial charge in [-0.2, -0.15) is 9.97 Å². The molecule has 0 saturated heterocycles. The van der Waals surface area contributed by atoms with E-state index in [0.29, 0.717) is 17.6 Å². The lowest BCUT2D eigenvalue weighted by Crippen LogP contribution is -2.42. The van der Waals surface area contributed by atoms with Gasteiger partial charge < -0.3 is 0 Å². The zero-order chi connectivity index (χ0) is 31.8.